The van der Waals surface area contributed by atoms with E-state index in [1.165, 1.54) is 0 Å². The van der Waals surface area contributed by atoms with Gasteiger partial charge >= 0.3 is 0 Å². The number of methoxy groups -OCH3 is 1. The lowest BCUT2D eigenvalue weighted by molar-refractivity contribution is 0.0970. The van der Waals surface area contributed by atoms with Gasteiger partial charge in [0.15, 0.2) is 5.11 Å². The van der Waals surface area contributed by atoms with Crippen molar-refractivity contribution in [3.8, 4) is 11.5 Å². The van der Waals surface area contributed by atoms with E-state index in [0.29, 0.717) is 42.6 Å². The topological polar surface area (TPSA) is 68.8 Å². The molecule has 0 fully saturated rings. The highest BCUT2D eigenvalue weighted by molar-refractivity contribution is 7.80. The number of benzene rings is 2. The molecule has 28 heavy (non-hydrogen) atoms. The van der Waals surface area contributed by atoms with Crippen LogP contribution in [0.5, 0.6) is 11.5 Å². The summed E-state index contributed by atoms with van der Waals surface area (Å²) < 4.78 is 16.2. The van der Waals surface area contributed by atoms with E-state index in [1.54, 1.807) is 37.4 Å². The molecule has 2 aromatic carbocycles. The van der Waals surface area contributed by atoms with Crippen LogP contribution >= 0.6 is 12.2 Å². The number of para-hydroxylation sites is 1. The molecular weight excluding hydrogens is 376 g/mol. The molecule has 7 heteroatoms. The average molecular weight is 401 g/mol. The maximum atomic E-state index is 12.6. The molecule has 2 rings (SSSR count). The van der Waals surface area contributed by atoms with Gasteiger partial charge in [0, 0.05) is 18.9 Å². The predicted molar refractivity (Wildman–Crippen MR) is 114 cm³/mol. The molecule has 2 aromatic rings. The van der Waals surface area contributed by atoms with Gasteiger partial charge in [0.05, 0.1) is 12.2 Å². The fourth-order valence-electron chi connectivity index (χ4n) is 2.22. The number of hydrogen-bond donors (Lipinski definition) is 2. The van der Waals surface area contributed by atoms with Crippen molar-refractivity contribution in [2.24, 2.45) is 0 Å². The number of anilines is 1. The van der Waals surface area contributed by atoms with E-state index < -0.39 is 0 Å². The highest BCUT2D eigenvalue weighted by Gasteiger charge is 2.13. The summed E-state index contributed by atoms with van der Waals surface area (Å²) in [6.07, 6.45) is 0. The van der Waals surface area contributed by atoms with Crippen LogP contribution in [0.2, 0.25) is 0 Å². The highest BCUT2D eigenvalue weighted by Crippen LogP contribution is 2.19. The molecule has 0 saturated heterocycles. The summed E-state index contributed by atoms with van der Waals surface area (Å²) in [6.45, 7) is 6.91. The minimum atomic E-state index is -0.361. The van der Waals surface area contributed by atoms with Gasteiger partial charge in [-0.25, -0.2) is 0 Å². The number of nitrogens with one attached hydrogen (secondary N) is 2. The molecule has 0 aliphatic carbocycles. The molecule has 0 atom stereocenters. The summed E-state index contributed by atoms with van der Waals surface area (Å²) in [4.78, 5) is 12.6. The molecule has 0 aliphatic rings. The van der Waals surface area contributed by atoms with Crippen molar-refractivity contribution in [2.45, 2.75) is 6.92 Å². The summed E-state index contributed by atoms with van der Waals surface area (Å²) in [6, 6.07) is 14.2. The van der Waals surface area contributed by atoms with Gasteiger partial charge in [-0.3, -0.25) is 10.1 Å². The lowest BCUT2D eigenvalue weighted by Crippen LogP contribution is -2.34. The molecule has 0 aromatic heterocycles. The number of ether oxygens (including phenoxy) is 3. The number of thiocarbonyl (C=S) groups is 1. The molecular formula is C21H24N2O4S. The minimum absolute atomic E-state index is 0.175. The van der Waals surface area contributed by atoms with E-state index in [0.717, 1.165) is 5.57 Å². The van der Waals surface area contributed by atoms with E-state index in [-0.39, 0.29) is 11.0 Å². The third-order valence-electron chi connectivity index (χ3n) is 3.48. The van der Waals surface area contributed by atoms with Crippen molar-refractivity contribution >= 4 is 28.9 Å². The molecule has 0 unspecified atom stereocenters. The lowest BCUT2D eigenvalue weighted by Gasteiger charge is -2.13. The Morgan fingerprint density at radius 3 is 2.64 bits per heavy atom. The number of carbonyl (C=O) groups is 1. The van der Waals surface area contributed by atoms with Crippen LogP contribution in [0.25, 0.3) is 0 Å². The second-order valence-corrected chi connectivity index (χ2v) is 6.43. The first-order chi connectivity index (χ1) is 13.5. The van der Waals surface area contributed by atoms with Gasteiger partial charge < -0.3 is 19.5 Å². The first kappa shape index (κ1) is 21.4. The maximum Gasteiger partial charge on any atom is 0.261 e. The van der Waals surface area contributed by atoms with Crippen molar-refractivity contribution in [3.63, 3.8) is 0 Å². The Morgan fingerprint density at radius 2 is 1.89 bits per heavy atom. The van der Waals surface area contributed by atoms with Crippen molar-refractivity contribution in [2.75, 3.05) is 32.2 Å². The quantitative estimate of drug-likeness (QED) is 0.379. The largest absolute Gasteiger partial charge is 0.490 e. The molecule has 0 saturated carbocycles. The van der Waals surface area contributed by atoms with E-state index in [9.17, 15) is 4.79 Å². The van der Waals surface area contributed by atoms with Crippen LogP contribution < -0.4 is 20.1 Å². The summed E-state index contributed by atoms with van der Waals surface area (Å²) >= 11 is 5.25. The van der Waals surface area contributed by atoms with Crippen LogP contribution in [0.1, 0.15) is 17.3 Å². The Labute approximate surface area is 170 Å². The van der Waals surface area contributed by atoms with Crippen LogP contribution in [0.15, 0.2) is 60.7 Å². The zero-order chi connectivity index (χ0) is 20.4. The molecule has 1 amide bonds. The van der Waals surface area contributed by atoms with Crippen LogP contribution in [-0.2, 0) is 4.74 Å². The highest BCUT2D eigenvalue weighted by atomic mass is 32.1. The molecule has 0 spiro atoms. The second kappa shape index (κ2) is 11.1. The van der Waals surface area contributed by atoms with Gasteiger partial charge in [-0.1, -0.05) is 24.8 Å². The van der Waals surface area contributed by atoms with Gasteiger partial charge in [0.2, 0.25) is 0 Å². The molecule has 0 heterocycles. The molecule has 0 bridgehead atoms. The van der Waals surface area contributed by atoms with Crippen molar-refractivity contribution < 1.29 is 19.0 Å². The van der Waals surface area contributed by atoms with Crippen LogP contribution in [0.4, 0.5) is 5.69 Å². The fourth-order valence-corrected chi connectivity index (χ4v) is 2.43. The molecule has 0 radical (unpaired) electrons. The van der Waals surface area contributed by atoms with Crippen molar-refractivity contribution in [1.82, 2.24) is 5.32 Å². The number of amides is 1. The Balaban J connectivity index is 1.97. The van der Waals surface area contributed by atoms with Crippen molar-refractivity contribution in [1.29, 1.82) is 0 Å². The molecule has 0 aliphatic heterocycles. The minimum Gasteiger partial charge on any atom is -0.490 e. The van der Waals surface area contributed by atoms with Crippen LogP contribution in [0.3, 0.4) is 0 Å². The van der Waals surface area contributed by atoms with Gasteiger partial charge in [0.25, 0.3) is 5.91 Å². The SMILES string of the molecule is C=C(C)COc1cccc(NC(=S)NC(=O)c2ccccc2OCCOC)c1. The molecule has 2 N–H and O–H groups in total. The Kier molecular flexibility index (Phi) is 8.45. The summed E-state index contributed by atoms with van der Waals surface area (Å²) in [7, 11) is 1.59. The summed E-state index contributed by atoms with van der Waals surface area (Å²) in [5.41, 5.74) is 2.02. The summed E-state index contributed by atoms with van der Waals surface area (Å²) in [5.74, 6) is 0.786. The van der Waals surface area contributed by atoms with E-state index >= 15 is 0 Å². The second-order valence-electron chi connectivity index (χ2n) is 6.02. The summed E-state index contributed by atoms with van der Waals surface area (Å²) in [5, 5.41) is 5.81. The Hall–Kier alpha value is -2.90. The zero-order valence-electron chi connectivity index (χ0n) is 16.0. The van der Waals surface area contributed by atoms with Crippen LogP contribution in [0, 0.1) is 0 Å². The molecule has 6 nitrogen and oxygen atoms in total. The van der Waals surface area contributed by atoms with E-state index in [4.69, 9.17) is 26.4 Å². The number of hydrogen-bond acceptors (Lipinski definition) is 5. The monoisotopic (exact) mass is 400 g/mol. The maximum absolute atomic E-state index is 12.6. The Bertz CT molecular complexity index is 839. The zero-order valence-corrected chi connectivity index (χ0v) is 16.8. The van der Waals surface area contributed by atoms with Crippen LogP contribution in [-0.4, -0.2) is 38.0 Å². The predicted octanol–water partition coefficient (Wildman–Crippen LogP) is 3.79. The first-order valence-corrected chi connectivity index (χ1v) is 9.10. The number of carbonyl (C=O) groups excluding carboxylic acids is 1. The fraction of sp³-hybridized carbons (Fsp3) is 0.238. The third-order valence-corrected chi connectivity index (χ3v) is 3.69. The average Bonchev–Trinajstić information content (AvgIpc) is 2.67. The van der Waals surface area contributed by atoms with Crippen molar-refractivity contribution in [3.05, 3.63) is 66.2 Å². The van der Waals surface area contributed by atoms with Gasteiger partial charge in [-0.05, 0) is 49.0 Å². The Morgan fingerprint density at radius 1 is 1.11 bits per heavy atom. The lowest BCUT2D eigenvalue weighted by atomic mass is 10.2. The normalized spacial score (nSPS) is 10.1. The van der Waals surface area contributed by atoms with E-state index in [2.05, 4.69) is 17.2 Å². The third kappa shape index (κ3) is 7.02. The molecule has 148 valence electrons. The van der Waals surface area contributed by atoms with E-state index in [1.807, 2.05) is 25.1 Å². The number of rotatable bonds is 9. The van der Waals surface area contributed by atoms with Gasteiger partial charge in [-0.15, -0.1) is 0 Å². The first-order valence-electron chi connectivity index (χ1n) is 8.70. The standard InChI is InChI=1S/C21H24N2O4S/c1-15(2)14-27-17-8-6-7-16(13-17)22-21(28)23-20(24)18-9-4-5-10-19(18)26-12-11-25-3/h4-10,13H,1,11-12,14H2,2-3H3,(H2,22,23,24,28). The van der Waals surface area contributed by atoms with Gasteiger partial charge in [0.1, 0.15) is 24.7 Å². The van der Waals surface area contributed by atoms with Gasteiger partial charge in [-0.2, -0.15) is 0 Å². The smallest absolute Gasteiger partial charge is 0.261 e.